The molecular formula is C25H26N6O2. The number of anilines is 2. The van der Waals surface area contributed by atoms with Crippen LogP contribution in [0.2, 0.25) is 0 Å². The van der Waals surface area contributed by atoms with Crippen molar-refractivity contribution >= 4 is 11.8 Å². The molecule has 33 heavy (non-hydrogen) atoms. The molecule has 0 atom stereocenters. The van der Waals surface area contributed by atoms with Crippen molar-refractivity contribution in [3.63, 3.8) is 0 Å². The summed E-state index contributed by atoms with van der Waals surface area (Å²) < 4.78 is 11.0. The smallest absolute Gasteiger partial charge is 0.223 e. The molecule has 8 heteroatoms. The van der Waals surface area contributed by atoms with Crippen LogP contribution in [0.15, 0.2) is 59.4 Å². The summed E-state index contributed by atoms with van der Waals surface area (Å²) in [4.78, 5) is 16.3. The molecule has 0 saturated carbocycles. The van der Waals surface area contributed by atoms with Crippen molar-refractivity contribution in [1.82, 2.24) is 20.1 Å². The van der Waals surface area contributed by atoms with Gasteiger partial charge in [-0.1, -0.05) is 35.0 Å². The van der Waals surface area contributed by atoms with Gasteiger partial charge in [-0.2, -0.15) is 0 Å². The van der Waals surface area contributed by atoms with Crippen molar-refractivity contribution in [3.8, 4) is 22.6 Å². The third-order valence-electron chi connectivity index (χ3n) is 5.61. The number of hydrogen-bond donors (Lipinski definition) is 1. The molecule has 1 N–H and O–H groups in total. The van der Waals surface area contributed by atoms with E-state index >= 15 is 0 Å². The molecule has 0 radical (unpaired) electrons. The molecule has 0 spiro atoms. The van der Waals surface area contributed by atoms with Gasteiger partial charge in [0.05, 0.1) is 30.2 Å². The Balaban J connectivity index is 1.44. The topological polar surface area (TPSA) is 89.2 Å². The van der Waals surface area contributed by atoms with Gasteiger partial charge in [0.15, 0.2) is 5.76 Å². The first kappa shape index (κ1) is 21.1. The lowest BCUT2D eigenvalue weighted by Crippen LogP contribution is -2.36. The summed E-state index contributed by atoms with van der Waals surface area (Å²) in [6.45, 7) is 7.74. The van der Waals surface area contributed by atoms with Crippen LogP contribution < -0.4 is 10.2 Å². The number of rotatable bonds is 6. The molecule has 4 heterocycles. The van der Waals surface area contributed by atoms with Crippen LogP contribution in [0.25, 0.3) is 22.6 Å². The lowest BCUT2D eigenvalue weighted by molar-refractivity contribution is 0.122. The van der Waals surface area contributed by atoms with Crippen LogP contribution in [-0.4, -0.2) is 46.4 Å². The molecule has 0 unspecified atom stereocenters. The number of hydrogen-bond acceptors (Lipinski definition) is 8. The van der Waals surface area contributed by atoms with E-state index in [1.54, 1.807) is 6.20 Å². The van der Waals surface area contributed by atoms with Crippen molar-refractivity contribution in [2.75, 3.05) is 36.5 Å². The second-order valence-corrected chi connectivity index (χ2v) is 8.13. The molecule has 3 aromatic heterocycles. The van der Waals surface area contributed by atoms with E-state index in [0.717, 1.165) is 60.2 Å². The quantitative estimate of drug-likeness (QED) is 0.474. The van der Waals surface area contributed by atoms with Gasteiger partial charge in [0.25, 0.3) is 0 Å². The number of nitrogens with zero attached hydrogens (tertiary/aromatic N) is 5. The summed E-state index contributed by atoms with van der Waals surface area (Å²) >= 11 is 0. The van der Waals surface area contributed by atoms with Crippen molar-refractivity contribution < 1.29 is 9.26 Å². The molecule has 1 aliphatic heterocycles. The van der Waals surface area contributed by atoms with E-state index in [4.69, 9.17) is 19.2 Å². The molecule has 8 nitrogen and oxygen atoms in total. The minimum Gasteiger partial charge on any atom is -0.378 e. The van der Waals surface area contributed by atoms with Crippen molar-refractivity contribution in [2.24, 2.45) is 0 Å². The van der Waals surface area contributed by atoms with Crippen LogP contribution in [0.4, 0.5) is 11.8 Å². The van der Waals surface area contributed by atoms with Crippen LogP contribution in [0.1, 0.15) is 16.8 Å². The Bertz CT molecular complexity index is 1210. The molecule has 4 aromatic rings. The monoisotopic (exact) mass is 442 g/mol. The Morgan fingerprint density at radius 1 is 0.970 bits per heavy atom. The van der Waals surface area contributed by atoms with Gasteiger partial charge in [-0.15, -0.1) is 0 Å². The van der Waals surface area contributed by atoms with E-state index in [9.17, 15) is 0 Å². The standard InChI is InChI=1S/C25H26N6O2/c1-17-3-5-19(6-4-17)14-27-25-28-16-21(22-13-18(2)30-33-22)24(29-25)20-7-8-23(26-15-20)31-9-11-32-12-10-31/h3-8,13,15-16H,9-12,14H2,1-2H3,(H,27,28,29). The summed E-state index contributed by atoms with van der Waals surface area (Å²) in [5, 5.41) is 7.35. The van der Waals surface area contributed by atoms with Gasteiger partial charge in [0.1, 0.15) is 5.82 Å². The van der Waals surface area contributed by atoms with Crippen LogP contribution in [0.5, 0.6) is 0 Å². The first-order valence-electron chi connectivity index (χ1n) is 11.0. The van der Waals surface area contributed by atoms with Crippen LogP contribution >= 0.6 is 0 Å². The largest absolute Gasteiger partial charge is 0.378 e. The van der Waals surface area contributed by atoms with E-state index < -0.39 is 0 Å². The highest BCUT2D eigenvalue weighted by atomic mass is 16.5. The van der Waals surface area contributed by atoms with Crippen molar-refractivity contribution in [3.05, 3.63) is 71.7 Å². The average Bonchev–Trinajstić information content (AvgIpc) is 3.30. The number of ether oxygens (including phenoxy) is 1. The molecule has 1 aliphatic rings. The molecule has 5 rings (SSSR count). The fourth-order valence-corrected chi connectivity index (χ4v) is 3.75. The van der Waals surface area contributed by atoms with Crippen molar-refractivity contribution in [1.29, 1.82) is 0 Å². The fourth-order valence-electron chi connectivity index (χ4n) is 3.75. The third kappa shape index (κ3) is 4.85. The lowest BCUT2D eigenvalue weighted by atomic mass is 10.1. The Hall–Kier alpha value is -3.78. The van der Waals surface area contributed by atoms with Gasteiger partial charge < -0.3 is 19.5 Å². The summed E-state index contributed by atoms with van der Waals surface area (Å²) in [6.07, 6.45) is 3.62. The number of aromatic nitrogens is 4. The maximum Gasteiger partial charge on any atom is 0.223 e. The molecule has 1 aromatic carbocycles. The second-order valence-electron chi connectivity index (χ2n) is 8.13. The molecule has 1 saturated heterocycles. The SMILES string of the molecule is Cc1ccc(CNc2ncc(-c3cc(C)no3)c(-c3ccc(N4CCOCC4)nc3)n2)cc1. The minimum absolute atomic E-state index is 0.544. The molecule has 0 bridgehead atoms. The Morgan fingerprint density at radius 3 is 2.48 bits per heavy atom. The predicted octanol–water partition coefficient (Wildman–Crippen LogP) is 4.26. The summed E-state index contributed by atoms with van der Waals surface area (Å²) in [7, 11) is 0. The summed E-state index contributed by atoms with van der Waals surface area (Å²) in [5.74, 6) is 2.11. The fraction of sp³-hybridized carbons (Fsp3) is 0.280. The Kier molecular flexibility index (Phi) is 5.99. The number of benzene rings is 1. The number of pyridine rings is 1. The van der Waals surface area contributed by atoms with Crippen molar-refractivity contribution in [2.45, 2.75) is 20.4 Å². The molecule has 0 amide bonds. The minimum atomic E-state index is 0.544. The molecule has 0 aliphatic carbocycles. The van der Waals surface area contributed by atoms with Gasteiger partial charge in [0, 0.05) is 43.7 Å². The van der Waals surface area contributed by atoms with Crippen LogP contribution in [0.3, 0.4) is 0 Å². The molecule has 1 fully saturated rings. The van der Waals surface area contributed by atoms with Gasteiger partial charge in [-0.3, -0.25) is 0 Å². The maximum atomic E-state index is 5.52. The predicted molar refractivity (Wildman–Crippen MR) is 127 cm³/mol. The van der Waals surface area contributed by atoms with Crippen LogP contribution in [-0.2, 0) is 11.3 Å². The van der Waals surface area contributed by atoms with Gasteiger partial charge >= 0.3 is 0 Å². The summed E-state index contributed by atoms with van der Waals surface area (Å²) in [5.41, 5.74) is 5.61. The van der Waals surface area contributed by atoms with Gasteiger partial charge in [0.2, 0.25) is 5.95 Å². The number of aryl methyl sites for hydroxylation is 2. The Morgan fingerprint density at radius 2 is 1.79 bits per heavy atom. The third-order valence-corrected chi connectivity index (χ3v) is 5.61. The van der Waals surface area contributed by atoms with E-state index in [1.165, 1.54) is 5.56 Å². The number of morpholine rings is 1. The van der Waals surface area contributed by atoms with E-state index in [0.29, 0.717) is 18.3 Å². The van der Waals surface area contributed by atoms with Crippen LogP contribution in [0, 0.1) is 13.8 Å². The second kappa shape index (κ2) is 9.38. The van der Waals surface area contributed by atoms with E-state index in [-0.39, 0.29) is 0 Å². The number of nitrogens with one attached hydrogen (secondary N) is 1. The Labute approximate surface area is 192 Å². The maximum absolute atomic E-state index is 5.52. The normalized spacial score (nSPS) is 13.8. The zero-order chi connectivity index (χ0) is 22.6. The first-order valence-corrected chi connectivity index (χ1v) is 11.0. The van der Waals surface area contributed by atoms with E-state index in [2.05, 4.69) is 51.5 Å². The zero-order valence-corrected chi connectivity index (χ0v) is 18.8. The van der Waals surface area contributed by atoms with Gasteiger partial charge in [-0.25, -0.2) is 15.0 Å². The first-order chi connectivity index (χ1) is 16.2. The zero-order valence-electron chi connectivity index (χ0n) is 18.8. The average molecular weight is 443 g/mol. The highest BCUT2D eigenvalue weighted by Crippen LogP contribution is 2.31. The highest BCUT2D eigenvalue weighted by Gasteiger charge is 2.17. The molecule has 168 valence electrons. The molecular weight excluding hydrogens is 416 g/mol. The summed E-state index contributed by atoms with van der Waals surface area (Å²) in [6, 6.07) is 14.3. The van der Waals surface area contributed by atoms with E-state index in [1.807, 2.05) is 31.3 Å². The van der Waals surface area contributed by atoms with Gasteiger partial charge in [-0.05, 0) is 31.5 Å². The lowest BCUT2D eigenvalue weighted by Gasteiger charge is -2.27. The highest BCUT2D eigenvalue weighted by molar-refractivity contribution is 5.78.